The molecule has 6 heterocycles. The summed E-state index contributed by atoms with van der Waals surface area (Å²) in [5.74, 6) is -1.91. The van der Waals surface area contributed by atoms with Crippen LogP contribution in [0.25, 0.3) is 22.2 Å². The smallest absolute Gasteiger partial charge is 0.255 e. The Morgan fingerprint density at radius 2 is 1.68 bits per heavy atom. The number of halogens is 2. The van der Waals surface area contributed by atoms with Gasteiger partial charge in [0.2, 0.25) is 17.7 Å². The highest BCUT2D eigenvalue weighted by atomic mass is 19.1. The number of aryl methyl sites for hydroxylation is 1. The summed E-state index contributed by atoms with van der Waals surface area (Å²) in [6, 6.07) is 13.8. The average Bonchev–Trinajstić information content (AvgIpc) is 3.91. The summed E-state index contributed by atoms with van der Waals surface area (Å²) in [5.41, 5.74) is 5.78. The van der Waals surface area contributed by atoms with Gasteiger partial charge >= 0.3 is 0 Å². The van der Waals surface area contributed by atoms with Crippen molar-refractivity contribution < 1.29 is 32.7 Å². The van der Waals surface area contributed by atoms with Crippen LogP contribution in [0.1, 0.15) is 96.4 Å². The molecule has 13 nitrogen and oxygen atoms in total. The molecule has 3 fully saturated rings. The van der Waals surface area contributed by atoms with Gasteiger partial charge in [-0.2, -0.15) is 5.10 Å². The van der Waals surface area contributed by atoms with Gasteiger partial charge < -0.3 is 14.5 Å². The van der Waals surface area contributed by atoms with Crippen LogP contribution in [-0.2, 0) is 38.6 Å². The number of nitrogens with zero attached hydrogens (tertiary/aromatic N) is 7. The van der Waals surface area contributed by atoms with Crippen molar-refractivity contribution in [3.63, 3.8) is 0 Å². The molecule has 4 aromatic rings. The lowest BCUT2D eigenvalue weighted by Gasteiger charge is -2.36. The molecule has 3 aromatic carbocycles. The molecule has 0 bridgehead atoms. The number of rotatable bonds is 13. The summed E-state index contributed by atoms with van der Waals surface area (Å²) in [7, 11) is 0. The van der Waals surface area contributed by atoms with Gasteiger partial charge in [-0.15, -0.1) is 0 Å². The first-order chi connectivity index (χ1) is 30.2. The summed E-state index contributed by atoms with van der Waals surface area (Å²) >= 11 is 0. The van der Waals surface area contributed by atoms with Crippen LogP contribution in [0.3, 0.4) is 0 Å². The number of imide groups is 1. The van der Waals surface area contributed by atoms with E-state index >= 15 is 8.78 Å². The lowest BCUT2D eigenvalue weighted by atomic mass is 10.00. The molecule has 1 N–H and O–H groups in total. The van der Waals surface area contributed by atoms with E-state index in [0.717, 1.165) is 61.8 Å². The second-order valence-corrected chi connectivity index (χ2v) is 17.2. The lowest BCUT2D eigenvalue weighted by Crippen LogP contribution is -2.52. The van der Waals surface area contributed by atoms with E-state index in [1.165, 1.54) is 12.1 Å². The van der Waals surface area contributed by atoms with Gasteiger partial charge in [-0.3, -0.25) is 39.4 Å². The largest absolute Gasteiger partial charge is 0.379 e. The van der Waals surface area contributed by atoms with Gasteiger partial charge in [0, 0.05) is 87.8 Å². The third-order valence-corrected chi connectivity index (χ3v) is 13.1. The Hall–Kier alpha value is -5.67. The lowest BCUT2D eigenvalue weighted by molar-refractivity contribution is -0.137. The number of amides is 4. The third-order valence-electron chi connectivity index (χ3n) is 13.1. The van der Waals surface area contributed by atoms with Gasteiger partial charge in [0.15, 0.2) is 0 Å². The first kappa shape index (κ1) is 41.7. The molecule has 0 radical (unpaired) electrons. The Bertz CT molecular complexity index is 2370. The maximum atomic E-state index is 15.4. The molecule has 0 spiro atoms. The summed E-state index contributed by atoms with van der Waals surface area (Å²) < 4.78 is 36.2. The number of benzene rings is 3. The fraction of sp³-hybridized carbons (Fsp3) is 0.468. The topological polar surface area (TPSA) is 141 Å². The number of hydrogen-bond acceptors (Lipinski definition) is 10. The van der Waals surface area contributed by atoms with Gasteiger partial charge in [0.05, 0.1) is 41.9 Å². The number of ether oxygens (including phenoxy) is 1. The van der Waals surface area contributed by atoms with Crippen molar-refractivity contribution in [2.24, 2.45) is 5.10 Å². The molecule has 15 heteroatoms. The first-order valence-corrected chi connectivity index (χ1v) is 22.1. The zero-order valence-corrected chi connectivity index (χ0v) is 34.9. The van der Waals surface area contributed by atoms with Gasteiger partial charge in [-0.1, -0.05) is 37.1 Å². The molecule has 0 aliphatic carbocycles. The predicted molar refractivity (Wildman–Crippen MR) is 228 cm³/mol. The number of carbonyl (C=O) groups excluding carboxylic acids is 4. The number of hydrogen-bond donors (Lipinski definition) is 1. The van der Waals surface area contributed by atoms with E-state index in [2.05, 4.69) is 21.4 Å². The van der Waals surface area contributed by atoms with Gasteiger partial charge in [0.1, 0.15) is 17.7 Å². The maximum absolute atomic E-state index is 15.4. The molecule has 4 amide bonds. The Morgan fingerprint density at radius 1 is 0.887 bits per heavy atom. The van der Waals surface area contributed by atoms with Crippen molar-refractivity contribution in [2.45, 2.75) is 95.3 Å². The van der Waals surface area contributed by atoms with Crippen molar-refractivity contribution in [2.75, 3.05) is 45.9 Å². The Balaban J connectivity index is 0.712. The van der Waals surface area contributed by atoms with Gasteiger partial charge in [0.25, 0.3) is 5.91 Å². The molecule has 5 aliphatic rings. The monoisotopic (exact) mass is 846 g/mol. The van der Waals surface area contributed by atoms with Crippen LogP contribution in [0.2, 0.25) is 0 Å². The van der Waals surface area contributed by atoms with E-state index in [0.29, 0.717) is 93.0 Å². The van der Waals surface area contributed by atoms with Crippen LogP contribution in [0.4, 0.5) is 8.78 Å². The quantitative estimate of drug-likeness (QED) is 0.132. The minimum Gasteiger partial charge on any atom is -0.379 e. The van der Waals surface area contributed by atoms with Crippen LogP contribution in [0.5, 0.6) is 0 Å². The van der Waals surface area contributed by atoms with Crippen molar-refractivity contribution >= 4 is 40.9 Å². The number of para-hydroxylation sites is 1. The van der Waals surface area contributed by atoms with E-state index in [9.17, 15) is 19.2 Å². The molecule has 3 saturated heterocycles. The van der Waals surface area contributed by atoms with Crippen molar-refractivity contribution in [1.29, 1.82) is 0 Å². The highest BCUT2D eigenvalue weighted by molar-refractivity contribution is 6.05. The standard InChI is InChI=1S/C47H52F2N8O5/c48-38-23-31(24-39(49)37(38)29-54-18-20-62-21-19-54)35-7-5-8-40-45(35)52-41(26-50-40)33-25-51-57(28-33)34-14-16-55(17-15-34)44(59)9-4-2-1-3-6-30-10-11-36-32(22-30)27-56(47(36)61)42-12-13-43(58)53-46(42)60/h5,7-8,10-11,22-26,33-34,42H,1-4,6,9,12-21,27-29H2,(H,53,58,60). The van der Waals surface area contributed by atoms with Crippen molar-refractivity contribution in [3.05, 3.63) is 94.3 Å². The summed E-state index contributed by atoms with van der Waals surface area (Å²) in [6.45, 7) is 4.98. The zero-order chi connectivity index (χ0) is 42.7. The number of nitrogens with one attached hydrogen (secondary N) is 1. The van der Waals surface area contributed by atoms with E-state index in [4.69, 9.17) is 14.8 Å². The van der Waals surface area contributed by atoms with Crippen LogP contribution in [0, 0.1) is 11.6 Å². The number of carbonyl (C=O) groups is 4. The molecule has 9 rings (SSSR count). The second kappa shape index (κ2) is 18.4. The van der Waals surface area contributed by atoms with Gasteiger partial charge in [-0.05, 0) is 79.5 Å². The molecule has 62 heavy (non-hydrogen) atoms. The normalized spacial score (nSPS) is 21.0. The minimum absolute atomic E-state index is 0.0571. The highest BCUT2D eigenvalue weighted by Crippen LogP contribution is 2.33. The molecule has 0 saturated carbocycles. The number of aromatic nitrogens is 2. The zero-order valence-electron chi connectivity index (χ0n) is 34.9. The van der Waals surface area contributed by atoms with Crippen LogP contribution >= 0.6 is 0 Å². The summed E-state index contributed by atoms with van der Waals surface area (Å²) in [5, 5.41) is 9.22. The SMILES string of the molecule is O=C1CCC(N2Cc3cc(CCCCCCC(=O)N4CCC(N5CC(c6cnc7cccc(-c8cc(F)c(CN9CCOCC9)c(F)c8)c7n6)C=N5)CC4)ccc3C2=O)C(=O)N1. The Morgan fingerprint density at radius 3 is 2.47 bits per heavy atom. The number of fused-ring (bicyclic) bond motifs is 2. The molecule has 2 unspecified atom stereocenters. The minimum atomic E-state index is -0.612. The fourth-order valence-electron chi connectivity index (χ4n) is 9.54. The number of likely N-dealkylation sites (tertiary alicyclic amines) is 1. The third kappa shape index (κ3) is 8.96. The summed E-state index contributed by atoms with van der Waals surface area (Å²) in [4.78, 5) is 65.3. The Labute approximate surface area is 359 Å². The predicted octanol–water partition coefficient (Wildman–Crippen LogP) is 5.74. The molecule has 5 aliphatic heterocycles. The van der Waals surface area contributed by atoms with Crippen LogP contribution < -0.4 is 5.32 Å². The molecule has 324 valence electrons. The highest BCUT2D eigenvalue weighted by Gasteiger charge is 2.39. The van der Waals surface area contributed by atoms with E-state index in [1.54, 1.807) is 11.1 Å². The van der Waals surface area contributed by atoms with E-state index < -0.39 is 23.6 Å². The number of hydrazone groups is 1. The van der Waals surface area contributed by atoms with Crippen LogP contribution in [-0.4, -0.2) is 118 Å². The number of unbranched alkanes of at least 4 members (excludes halogenated alkanes) is 3. The van der Waals surface area contributed by atoms with Gasteiger partial charge in [-0.25, -0.2) is 13.8 Å². The van der Waals surface area contributed by atoms with E-state index in [-0.39, 0.29) is 48.2 Å². The number of morpholine rings is 1. The van der Waals surface area contributed by atoms with Crippen molar-refractivity contribution in [3.8, 4) is 11.1 Å². The Kier molecular flexibility index (Phi) is 12.3. The number of piperidine rings is 2. The molecular weight excluding hydrogens is 795 g/mol. The fourth-order valence-corrected chi connectivity index (χ4v) is 9.54. The van der Waals surface area contributed by atoms with Crippen molar-refractivity contribution in [1.82, 2.24) is 35.0 Å². The van der Waals surface area contributed by atoms with E-state index in [1.807, 2.05) is 46.3 Å². The first-order valence-electron chi connectivity index (χ1n) is 22.1. The average molecular weight is 847 g/mol. The van der Waals surface area contributed by atoms with Crippen LogP contribution in [0.15, 0.2) is 59.8 Å². The molecule has 1 aromatic heterocycles. The second-order valence-electron chi connectivity index (χ2n) is 17.2. The molecule has 2 atom stereocenters. The maximum Gasteiger partial charge on any atom is 0.255 e. The molecular formula is C47H52F2N8O5. The summed E-state index contributed by atoms with van der Waals surface area (Å²) in [6.07, 6.45) is 11.1.